The first-order chi connectivity index (χ1) is 47.2. The van der Waals surface area contributed by atoms with Gasteiger partial charge in [0.2, 0.25) is 17.9 Å². The molecule has 1 amide bonds. The molecule has 10 aromatic rings. The summed E-state index contributed by atoms with van der Waals surface area (Å²) in [4.78, 5) is 38.6. The van der Waals surface area contributed by atoms with E-state index in [-0.39, 0.29) is 41.0 Å². The van der Waals surface area contributed by atoms with Gasteiger partial charge in [0.25, 0.3) is 5.91 Å². The van der Waals surface area contributed by atoms with E-state index in [1.807, 2.05) is 33.8 Å². The molecular weight excluding hydrogens is 1500 g/mol. The third-order valence-electron chi connectivity index (χ3n) is 13.5. The molecule has 0 aliphatic carbocycles. The van der Waals surface area contributed by atoms with Crippen LogP contribution in [0.25, 0.3) is 0 Å². The number of benzene rings is 7. The molecule has 0 saturated carbocycles. The van der Waals surface area contributed by atoms with Gasteiger partial charge in [-0.1, -0.05) is 122 Å². The van der Waals surface area contributed by atoms with E-state index < -0.39 is 47.2 Å². The summed E-state index contributed by atoms with van der Waals surface area (Å²) in [5, 5.41) is 39.1. The second-order valence-electron chi connectivity index (χ2n) is 20.5. The fraction of sp³-hybridized carbons (Fsp3) is 0.123. The first-order valence-electron chi connectivity index (χ1n) is 28.3. The lowest BCUT2D eigenvalue weighted by Crippen LogP contribution is -2.36. The molecule has 3 heterocycles. The van der Waals surface area contributed by atoms with Crippen LogP contribution in [0.15, 0.2) is 211 Å². The molecular formula is C65H47Cl10F6N17O. The minimum absolute atomic E-state index is 0.103. The van der Waals surface area contributed by atoms with Crippen molar-refractivity contribution in [1.29, 1.82) is 10.5 Å². The second-order valence-corrected chi connectivity index (χ2v) is 24.7. The summed E-state index contributed by atoms with van der Waals surface area (Å²) in [5.41, 5.74) is -0.0497. The number of imidazole rings is 3. The van der Waals surface area contributed by atoms with Gasteiger partial charge in [0.1, 0.15) is 0 Å². The number of nitrogens with one attached hydrogen (secondary N) is 6. The summed E-state index contributed by atoms with van der Waals surface area (Å²) in [7, 11) is 0. The van der Waals surface area contributed by atoms with Gasteiger partial charge in [-0.2, -0.15) is 36.9 Å². The summed E-state index contributed by atoms with van der Waals surface area (Å²) in [6, 6.07) is 31.8. The summed E-state index contributed by atoms with van der Waals surface area (Å²) < 4.78 is 86.5. The van der Waals surface area contributed by atoms with Gasteiger partial charge in [0, 0.05) is 88.6 Å². The van der Waals surface area contributed by atoms with Gasteiger partial charge in [-0.15, -0.1) is 0 Å². The number of anilines is 3. The highest BCUT2D eigenvalue weighted by Gasteiger charge is 2.39. The van der Waals surface area contributed by atoms with Crippen LogP contribution in [-0.2, 0) is 32.0 Å². The lowest BCUT2D eigenvalue weighted by molar-refractivity contribution is -0.142. The van der Waals surface area contributed by atoms with Crippen LogP contribution in [0.3, 0.4) is 0 Å². The number of alkyl halides is 6. The number of hydrogen-bond donors (Lipinski definition) is 6. The van der Waals surface area contributed by atoms with Crippen LogP contribution in [0.2, 0.25) is 50.2 Å². The molecule has 3 unspecified atom stereocenters. The van der Waals surface area contributed by atoms with Crippen LogP contribution in [0.4, 0.5) is 43.4 Å². The van der Waals surface area contributed by atoms with Crippen molar-refractivity contribution in [3.05, 3.63) is 279 Å². The molecule has 34 heteroatoms. The number of halogens is 16. The van der Waals surface area contributed by atoms with E-state index in [9.17, 15) is 31.1 Å². The van der Waals surface area contributed by atoms with Crippen molar-refractivity contribution >= 4 is 157 Å². The van der Waals surface area contributed by atoms with Gasteiger partial charge < -0.3 is 29.7 Å². The number of aliphatic imine (C=N–C) groups is 3. The lowest BCUT2D eigenvalue weighted by Gasteiger charge is -2.22. The molecule has 10 rings (SSSR count). The van der Waals surface area contributed by atoms with Crippen LogP contribution in [0.1, 0.15) is 56.3 Å². The first-order valence-corrected chi connectivity index (χ1v) is 32.1. The normalized spacial score (nSPS) is 12.6. The highest BCUT2D eigenvalue weighted by Crippen LogP contribution is 2.41. The molecule has 0 bridgehead atoms. The Morgan fingerprint density at radius 2 is 0.869 bits per heavy atom. The molecule has 0 aliphatic rings. The van der Waals surface area contributed by atoms with Crippen molar-refractivity contribution in [1.82, 2.24) is 44.6 Å². The molecule has 0 fully saturated rings. The second kappa shape index (κ2) is 35.7. The van der Waals surface area contributed by atoms with E-state index in [2.05, 4.69) is 56.8 Å². The number of carbonyl (C=O) groups excluding carboxylic acids is 1. The molecule has 3 aromatic heterocycles. The average molecular weight is 1550 g/mol. The van der Waals surface area contributed by atoms with E-state index >= 15 is 0 Å². The maximum atomic E-state index is 13.8. The average Bonchev–Trinajstić information content (AvgIpc) is 1.32. The Hall–Kier alpha value is -8.89. The zero-order chi connectivity index (χ0) is 71.4. The smallest absolute Gasteiger partial charge is 0.335 e. The highest BCUT2D eigenvalue weighted by atomic mass is 35.5. The number of nitriles is 2. The molecule has 7 aromatic carbocycles. The largest absolute Gasteiger partial charge is 0.416 e. The summed E-state index contributed by atoms with van der Waals surface area (Å²) >= 11 is 61.3. The van der Waals surface area contributed by atoms with Gasteiger partial charge in [-0.3, -0.25) is 20.7 Å². The Bertz CT molecular complexity index is 4550. The summed E-state index contributed by atoms with van der Waals surface area (Å²) in [6.07, 6.45) is 7.93. The van der Waals surface area contributed by atoms with Crippen LogP contribution in [0, 0.1) is 22.9 Å². The van der Waals surface area contributed by atoms with Gasteiger partial charge >= 0.3 is 12.4 Å². The number of hydrogen-bond acceptors (Lipinski definition) is 9. The number of guanidine groups is 3. The molecule has 0 aliphatic heterocycles. The zero-order valence-electron chi connectivity index (χ0n) is 50.2. The van der Waals surface area contributed by atoms with Crippen molar-refractivity contribution in [2.24, 2.45) is 15.0 Å². The fourth-order valence-corrected chi connectivity index (χ4v) is 11.1. The van der Waals surface area contributed by atoms with Gasteiger partial charge in [0.05, 0.1) is 89.3 Å². The van der Waals surface area contributed by atoms with Gasteiger partial charge in [0.15, 0.2) is 12.4 Å². The van der Waals surface area contributed by atoms with E-state index in [4.69, 9.17) is 132 Å². The van der Waals surface area contributed by atoms with Crippen LogP contribution < -0.4 is 31.9 Å². The standard InChI is InChI=1S/C25H19Cl4N5O.C21H14Cl2F6N6.C19H14Cl4N6/c26-17-3-1-16(2-4-17)24(35)33-25(31-20-8-5-18(27)6-9-20)32-23(14-34-12-11-30-15-34)21-10-7-19(28)13-22(21)29;22-13-2-4-17(16(23)8-13)33-19(32-10-30)34-18(9-35-6-5-31-11-35)14-7-12(20(24,25)26)1-3-15(14)21(27,28)29;20-12-1-3-15(22)14(7-12)18(9-29-6-5-25-11-29)28-19(26-10-24)27-17-4-2-13(21)8-16(17)23/h1-13,15,23H,14H2,(H2,31,32,33,35);1-8,11,18H,9H2,(H2,32,33,34);1-8,11,18H,9H2,(H2,26,27,28). The van der Waals surface area contributed by atoms with Gasteiger partial charge in [-0.25, -0.2) is 29.9 Å². The number of aromatic nitrogens is 6. The quantitative estimate of drug-likeness (QED) is 0.0175. The van der Waals surface area contributed by atoms with Crippen molar-refractivity contribution in [3.8, 4) is 12.4 Å². The Kier molecular flexibility index (Phi) is 27.4. The Balaban J connectivity index is 0.000000190. The number of carbonyl (C=O) groups is 1. The lowest BCUT2D eigenvalue weighted by atomic mass is 9.97. The number of amides is 1. The maximum Gasteiger partial charge on any atom is 0.416 e. The molecule has 99 heavy (non-hydrogen) atoms. The van der Waals surface area contributed by atoms with Crippen LogP contribution in [-0.4, -0.2) is 52.4 Å². The van der Waals surface area contributed by atoms with Gasteiger partial charge in [-0.05, 0) is 150 Å². The molecule has 0 saturated heterocycles. The number of nitrogens with zero attached hydrogens (tertiary/aromatic N) is 11. The molecule has 3 atom stereocenters. The maximum absolute atomic E-state index is 13.8. The zero-order valence-corrected chi connectivity index (χ0v) is 57.8. The SMILES string of the molecule is N#CNC(=NC(Cn1ccnc1)c1cc(C(F)(F)F)ccc1C(F)(F)F)Nc1ccc(Cl)cc1Cl.N#CNC(=NC(Cn1ccnc1)c1cc(Cl)ccc1Cl)Nc1ccc(Cl)cc1Cl.O=C(NC(=NC(Cn1ccnc1)c1ccc(Cl)cc1Cl)Nc1ccc(Cl)cc1)c1ccc(Cl)cc1. The molecule has 0 spiro atoms. The van der Waals surface area contributed by atoms with Crippen LogP contribution in [0.5, 0.6) is 0 Å². The van der Waals surface area contributed by atoms with Crippen molar-refractivity contribution < 1.29 is 31.1 Å². The predicted molar refractivity (Wildman–Crippen MR) is 378 cm³/mol. The van der Waals surface area contributed by atoms with Crippen LogP contribution >= 0.6 is 116 Å². The fourth-order valence-electron chi connectivity index (χ4n) is 8.97. The van der Waals surface area contributed by atoms with E-state index in [0.717, 1.165) is 5.56 Å². The van der Waals surface area contributed by atoms with E-state index in [1.165, 1.54) is 41.5 Å². The molecule has 6 N–H and O–H groups in total. The highest BCUT2D eigenvalue weighted by molar-refractivity contribution is 6.38. The van der Waals surface area contributed by atoms with E-state index in [0.29, 0.717) is 99.0 Å². The van der Waals surface area contributed by atoms with Crippen molar-refractivity contribution in [2.45, 2.75) is 50.1 Å². The van der Waals surface area contributed by atoms with Crippen molar-refractivity contribution in [2.75, 3.05) is 16.0 Å². The topological polar surface area (TPSA) is 227 Å². The predicted octanol–water partition coefficient (Wildman–Crippen LogP) is 19.4. The number of rotatable bonds is 16. The van der Waals surface area contributed by atoms with E-state index in [1.54, 1.807) is 128 Å². The summed E-state index contributed by atoms with van der Waals surface area (Å²) in [5.74, 6) is -0.292. The Labute approximate surface area is 611 Å². The minimum Gasteiger partial charge on any atom is -0.335 e. The Morgan fingerprint density at radius 3 is 1.31 bits per heavy atom. The third kappa shape index (κ3) is 23.1. The monoisotopic (exact) mass is 1550 g/mol. The molecule has 0 radical (unpaired) electrons. The first kappa shape index (κ1) is 75.9. The molecule has 510 valence electrons. The third-order valence-corrected chi connectivity index (χ3v) is 16.3. The summed E-state index contributed by atoms with van der Waals surface area (Å²) in [6.45, 7) is 0.522. The Morgan fingerprint density at radius 1 is 0.444 bits per heavy atom. The van der Waals surface area contributed by atoms with Crippen molar-refractivity contribution in [3.63, 3.8) is 0 Å². The molecule has 18 nitrogen and oxygen atoms in total. The minimum atomic E-state index is -4.97.